The summed E-state index contributed by atoms with van der Waals surface area (Å²) in [7, 11) is 0. The summed E-state index contributed by atoms with van der Waals surface area (Å²) in [5.41, 5.74) is -0.835. The molecule has 0 atom stereocenters. The summed E-state index contributed by atoms with van der Waals surface area (Å²) in [6, 6.07) is 2.12. The van der Waals surface area contributed by atoms with Crippen LogP contribution in [0.1, 0.15) is 42.5 Å². The van der Waals surface area contributed by atoms with Crippen LogP contribution in [0.15, 0.2) is 12.1 Å². The predicted molar refractivity (Wildman–Crippen MR) is 77.3 cm³/mol. The first-order valence-corrected chi connectivity index (χ1v) is 7.27. The summed E-state index contributed by atoms with van der Waals surface area (Å²) >= 11 is 11.5. The molecule has 4 nitrogen and oxygen atoms in total. The molecule has 0 radical (unpaired) electrons. The number of nitrogens with one attached hydrogen (secondary N) is 1. The molecule has 0 spiro atoms. The lowest BCUT2D eigenvalue weighted by Crippen LogP contribution is -2.47. The largest absolute Gasteiger partial charge is 0.481 e. The normalized spacial score (nSPS) is 16.7. The maximum Gasteiger partial charge on any atom is 0.305 e. The molecule has 0 aromatic heterocycles. The Morgan fingerprint density at radius 1 is 1.24 bits per heavy atom. The highest BCUT2D eigenvalue weighted by Crippen LogP contribution is 2.33. The predicted octanol–water partition coefficient (Wildman–Crippen LogP) is 3.65. The van der Waals surface area contributed by atoms with E-state index in [2.05, 4.69) is 5.32 Å². The van der Waals surface area contributed by atoms with Gasteiger partial charge in [0.25, 0.3) is 5.91 Å². The molecule has 1 aromatic rings. The average molecular weight is 334 g/mol. The summed E-state index contributed by atoms with van der Waals surface area (Å²) in [6.07, 6.45) is 2.69. The summed E-state index contributed by atoms with van der Waals surface area (Å²) < 4.78 is 13.5. The number of carboxylic acids is 1. The Kier molecular flexibility index (Phi) is 4.74. The Balaban J connectivity index is 2.24. The van der Waals surface area contributed by atoms with E-state index in [1.54, 1.807) is 0 Å². The fraction of sp³-hybridized carbons (Fsp3) is 0.429. The molecule has 21 heavy (non-hydrogen) atoms. The number of hydrogen-bond acceptors (Lipinski definition) is 2. The van der Waals surface area contributed by atoms with Gasteiger partial charge in [-0.2, -0.15) is 0 Å². The molecule has 1 saturated carbocycles. The van der Waals surface area contributed by atoms with E-state index in [1.165, 1.54) is 0 Å². The highest BCUT2D eigenvalue weighted by atomic mass is 35.5. The summed E-state index contributed by atoms with van der Waals surface area (Å²) in [4.78, 5) is 23.3. The maximum absolute atomic E-state index is 13.5. The van der Waals surface area contributed by atoms with Gasteiger partial charge in [0, 0.05) is 0 Å². The van der Waals surface area contributed by atoms with Crippen LogP contribution in [0.2, 0.25) is 10.0 Å². The van der Waals surface area contributed by atoms with Gasteiger partial charge in [-0.3, -0.25) is 9.59 Å². The Labute approximate surface area is 131 Å². The molecule has 114 valence electrons. The van der Waals surface area contributed by atoms with E-state index >= 15 is 0 Å². The molecule has 7 heteroatoms. The first-order chi connectivity index (χ1) is 9.83. The Hall–Kier alpha value is -1.33. The quantitative estimate of drug-likeness (QED) is 0.826. The summed E-state index contributed by atoms with van der Waals surface area (Å²) in [5.74, 6) is -2.31. The maximum atomic E-state index is 13.5. The minimum absolute atomic E-state index is 0.0300. The van der Waals surface area contributed by atoms with Crippen molar-refractivity contribution in [1.82, 2.24) is 5.32 Å². The number of hydrogen-bond donors (Lipinski definition) is 2. The molecule has 0 saturated heterocycles. The van der Waals surface area contributed by atoms with Gasteiger partial charge in [-0.25, -0.2) is 4.39 Å². The number of halogens is 3. The van der Waals surface area contributed by atoms with Crippen molar-refractivity contribution >= 4 is 35.1 Å². The van der Waals surface area contributed by atoms with Crippen molar-refractivity contribution in [3.8, 4) is 0 Å². The van der Waals surface area contributed by atoms with Gasteiger partial charge >= 0.3 is 5.97 Å². The second kappa shape index (κ2) is 6.20. The van der Waals surface area contributed by atoms with E-state index in [1.807, 2.05) is 0 Å². The van der Waals surface area contributed by atoms with Gasteiger partial charge in [-0.1, -0.05) is 36.0 Å². The van der Waals surface area contributed by atoms with Gasteiger partial charge < -0.3 is 10.4 Å². The van der Waals surface area contributed by atoms with Crippen LogP contribution in [0.5, 0.6) is 0 Å². The van der Waals surface area contributed by atoms with E-state index in [0.29, 0.717) is 12.8 Å². The van der Waals surface area contributed by atoms with E-state index in [0.717, 1.165) is 25.0 Å². The molecule has 0 bridgehead atoms. The third kappa shape index (κ3) is 3.66. The zero-order valence-corrected chi connectivity index (χ0v) is 12.6. The number of aliphatic carboxylic acids is 1. The second-order valence-electron chi connectivity index (χ2n) is 5.26. The summed E-state index contributed by atoms with van der Waals surface area (Å²) in [5, 5.41) is 11.6. The van der Waals surface area contributed by atoms with Crippen molar-refractivity contribution in [1.29, 1.82) is 0 Å². The summed E-state index contributed by atoms with van der Waals surface area (Å²) in [6.45, 7) is 0. The van der Waals surface area contributed by atoms with Crippen LogP contribution < -0.4 is 5.32 Å². The minimum Gasteiger partial charge on any atom is -0.481 e. The van der Waals surface area contributed by atoms with Gasteiger partial charge in [0.15, 0.2) is 0 Å². The Morgan fingerprint density at radius 3 is 2.43 bits per heavy atom. The van der Waals surface area contributed by atoms with Crippen LogP contribution in [0.4, 0.5) is 4.39 Å². The molecule has 0 aliphatic heterocycles. The van der Waals surface area contributed by atoms with Crippen molar-refractivity contribution in [2.45, 2.75) is 37.6 Å². The highest BCUT2D eigenvalue weighted by Gasteiger charge is 2.38. The molecule has 0 heterocycles. The van der Waals surface area contributed by atoms with Gasteiger partial charge in [-0.05, 0) is 25.0 Å². The Bertz CT molecular complexity index is 586. The number of carbonyl (C=O) groups is 2. The van der Waals surface area contributed by atoms with Crippen LogP contribution in [-0.4, -0.2) is 22.5 Å². The fourth-order valence-electron chi connectivity index (χ4n) is 2.69. The van der Waals surface area contributed by atoms with Gasteiger partial charge in [0.2, 0.25) is 0 Å². The molecule has 1 aromatic carbocycles. The standard InChI is InChI=1S/C14H14Cl2FNO3/c15-9-6-10(16)11(17)5-8(9)13(21)18-14(7-12(19)20)3-1-2-4-14/h5-6H,1-4,7H2,(H,18,21)(H,19,20). The van der Waals surface area contributed by atoms with Crippen molar-refractivity contribution in [3.05, 3.63) is 33.6 Å². The van der Waals surface area contributed by atoms with E-state index in [4.69, 9.17) is 28.3 Å². The van der Waals surface area contributed by atoms with Gasteiger partial charge in [0.1, 0.15) is 5.82 Å². The van der Waals surface area contributed by atoms with Crippen LogP contribution in [0.25, 0.3) is 0 Å². The average Bonchev–Trinajstić information content (AvgIpc) is 2.80. The molecule has 1 aliphatic rings. The lowest BCUT2D eigenvalue weighted by Gasteiger charge is -2.28. The number of carbonyl (C=O) groups excluding carboxylic acids is 1. The SMILES string of the molecule is O=C(O)CC1(NC(=O)c2cc(F)c(Cl)cc2Cl)CCCC1. The number of carboxylic acid groups (broad SMARTS) is 1. The molecular formula is C14H14Cl2FNO3. The van der Waals surface area contributed by atoms with Crippen LogP contribution in [-0.2, 0) is 4.79 Å². The number of benzene rings is 1. The second-order valence-corrected chi connectivity index (χ2v) is 6.07. The van der Waals surface area contributed by atoms with Crippen molar-refractivity contribution in [2.75, 3.05) is 0 Å². The topological polar surface area (TPSA) is 66.4 Å². The smallest absolute Gasteiger partial charge is 0.305 e. The minimum atomic E-state index is -0.981. The van der Waals surface area contributed by atoms with Gasteiger partial charge in [0.05, 0.1) is 27.6 Å². The fourth-order valence-corrected chi connectivity index (χ4v) is 3.16. The molecular weight excluding hydrogens is 320 g/mol. The van der Waals surface area contributed by atoms with Crippen molar-refractivity contribution in [2.24, 2.45) is 0 Å². The van der Waals surface area contributed by atoms with Crippen LogP contribution in [0.3, 0.4) is 0 Å². The molecule has 0 unspecified atom stereocenters. The Morgan fingerprint density at radius 2 is 1.86 bits per heavy atom. The molecule has 1 fully saturated rings. The molecule has 2 N–H and O–H groups in total. The molecule has 1 amide bonds. The third-order valence-corrected chi connectivity index (χ3v) is 4.29. The van der Waals surface area contributed by atoms with E-state index in [9.17, 15) is 14.0 Å². The van der Waals surface area contributed by atoms with Crippen molar-refractivity contribution in [3.63, 3.8) is 0 Å². The van der Waals surface area contributed by atoms with Crippen LogP contribution >= 0.6 is 23.2 Å². The van der Waals surface area contributed by atoms with Gasteiger partial charge in [-0.15, -0.1) is 0 Å². The molecule has 2 rings (SSSR count). The monoisotopic (exact) mass is 333 g/mol. The van der Waals surface area contributed by atoms with Crippen molar-refractivity contribution < 1.29 is 19.1 Å². The van der Waals surface area contributed by atoms with Crippen LogP contribution in [0, 0.1) is 5.82 Å². The lowest BCUT2D eigenvalue weighted by atomic mass is 9.92. The lowest BCUT2D eigenvalue weighted by molar-refractivity contribution is -0.138. The third-order valence-electron chi connectivity index (χ3n) is 3.68. The zero-order valence-electron chi connectivity index (χ0n) is 11.1. The first kappa shape index (κ1) is 16.0. The zero-order chi connectivity index (χ0) is 15.6. The highest BCUT2D eigenvalue weighted by molar-refractivity contribution is 6.36. The number of amides is 1. The van der Waals surface area contributed by atoms with E-state index < -0.39 is 23.2 Å². The van der Waals surface area contributed by atoms with E-state index in [-0.39, 0.29) is 22.0 Å². The first-order valence-electron chi connectivity index (χ1n) is 6.52. The molecule has 1 aliphatic carbocycles. The number of rotatable bonds is 4.